The van der Waals surface area contributed by atoms with Crippen LogP contribution in [0.4, 0.5) is 10.5 Å². The van der Waals surface area contributed by atoms with Crippen molar-refractivity contribution in [2.24, 2.45) is 0 Å². The molecular formula is C14H12Cl2N2O4. The minimum Gasteiger partial charge on any atom is -0.461 e. The third-order valence-corrected chi connectivity index (χ3v) is 4.08. The molecule has 8 heteroatoms. The predicted molar refractivity (Wildman–Crippen MR) is 80.0 cm³/mol. The number of hydrogen-bond acceptors (Lipinski definition) is 4. The van der Waals surface area contributed by atoms with Gasteiger partial charge in [0.1, 0.15) is 12.1 Å². The number of halogens is 2. The fourth-order valence-corrected chi connectivity index (χ4v) is 3.36. The first kappa shape index (κ1) is 15.1. The smallest absolute Gasteiger partial charge is 0.332 e. The first-order chi connectivity index (χ1) is 10.4. The second-order valence-electron chi connectivity index (χ2n) is 5.22. The first-order valence-corrected chi connectivity index (χ1v) is 7.40. The second kappa shape index (κ2) is 5.44. The van der Waals surface area contributed by atoms with Crippen LogP contribution >= 0.6 is 23.2 Å². The maximum Gasteiger partial charge on any atom is 0.332 e. The van der Waals surface area contributed by atoms with E-state index in [-0.39, 0.29) is 12.5 Å². The zero-order valence-electron chi connectivity index (χ0n) is 11.6. The van der Waals surface area contributed by atoms with Crippen LogP contribution in [0.1, 0.15) is 13.3 Å². The number of anilines is 1. The number of nitrogens with zero attached hydrogens (tertiary/aromatic N) is 2. The number of rotatable bonds is 2. The highest BCUT2D eigenvalue weighted by Crippen LogP contribution is 2.34. The van der Waals surface area contributed by atoms with E-state index in [9.17, 15) is 14.4 Å². The number of imide groups is 1. The predicted octanol–water partition coefficient (Wildman–Crippen LogP) is 2.47. The van der Waals surface area contributed by atoms with Gasteiger partial charge in [-0.3, -0.25) is 9.59 Å². The highest BCUT2D eigenvalue weighted by atomic mass is 35.5. The van der Waals surface area contributed by atoms with Crippen molar-refractivity contribution in [3.8, 4) is 0 Å². The Labute approximate surface area is 136 Å². The molecule has 22 heavy (non-hydrogen) atoms. The van der Waals surface area contributed by atoms with Gasteiger partial charge in [-0.05, 0) is 18.2 Å². The molecule has 1 aromatic rings. The molecule has 116 valence electrons. The van der Waals surface area contributed by atoms with Crippen LogP contribution in [0.15, 0.2) is 18.2 Å². The lowest BCUT2D eigenvalue weighted by Crippen LogP contribution is -2.35. The zero-order valence-corrected chi connectivity index (χ0v) is 13.1. The summed E-state index contributed by atoms with van der Waals surface area (Å²) in [6.07, 6.45) is -0.143. The summed E-state index contributed by atoms with van der Waals surface area (Å²) >= 11 is 11.8. The Morgan fingerprint density at radius 2 is 1.86 bits per heavy atom. The Hall–Kier alpha value is -1.79. The van der Waals surface area contributed by atoms with Crippen LogP contribution in [-0.2, 0) is 14.3 Å². The van der Waals surface area contributed by atoms with Crippen molar-refractivity contribution >= 4 is 46.8 Å². The monoisotopic (exact) mass is 342 g/mol. The lowest BCUT2D eigenvalue weighted by atomic mass is 10.2. The molecule has 0 aromatic heterocycles. The van der Waals surface area contributed by atoms with Gasteiger partial charge in [-0.15, -0.1) is 0 Å². The molecule has 2 aliphatic heterocycles. The highest BCUT2D eigenvalue weighted by Gasteiger charge is 2.52. The van der Waals surface area contributed by atoms with Crippen LogP contribution in [0.3, 0.4) is 0 Å². The molecule has 3 rings (SSSR count). The Morgan fingerprint density at radius 1 is 1.23 bits per heavy atom. The molecule has 2 fully saturated rings. The van der Waals surface area contributed by atoms with Crippen molar-refractivity contribution in [2.45, 2.75) is 25.5 Å². The van der Waals surface area contributed by atoms with Crippen molar-refractivity contribution in [3.63, 3.8) is 0 Å². The van der Waals surface area contributed by atoms with Gasteiger partial charge in [0, 0.05) is 23.4 Å². The molecule has 0 saturated carbocycles. The zero-order chi connectivity index (χ0) is 16.0. The van der Waals surface area contributed by atoms with Crippen LogP contribution in [0.2, 0.25) is 10.0 Å². The summed E-state index contributed by atoms with van der Waals surface area (Å²) in [6, 6.07) is 3.47. The molecule has 2 unspecified atom stereocenters. The van der Waals surface area contributed by atoms with Gasteiger partial charge < -0.3 is 9.64 Å². The van der Waals surface area contributed by atoms with E-state index in [0.717, 1.165) is 4.90 Å². The quantitative estimate of drug-likeness (QED) is 0.611. The van der Waals surface area contributed by atoms with Crippen LogP contribution in [0.5, 0.6) is 0 Å². The third kappa shape index (κ3) is 2.53. The molecule has 0 aliphatic carbocycles. The number of amides is 3. The molecule has 0 radical (unpaired) electrons. The number of carbonyl (C=O) groups excluding carboxylic acids is 3. The van der Waals surface area contributed by atoms with Gasteiger partial charge in [0.25, 0.3) is 5.91 Å². The second-order valence-corrected chi connectivity index (χ2v) is 6.09. The number of urea groups is 1. The van der Waals surface area contributed by atoms with Crippen molar-refractivity contribution in [1.82, 2.24) is 4.90 Å². The summed E-state index contributed by atoms with van der Waals surface area (Å²) < 4.78 is 5.08. The highest BCUT2D eigenvalue weighted by molar-refractivity contribution is 6.35. The van der Waals surface area contributed by atoms with Gasteiger partial charge in [-0.25, -0.2) is 9.69 Å². The van der Waals surface area contributed by atoms with Crippen molar-refractivity contribution in [1.29, 1.82) is 0 Å². The summed E-state index contributed by atoms with van der Waals surface area (Å²) in [5.74, 6) is -0.789. The summed E-state index contributed by atoms with van der Waals surface area (Å²) in [6.45, 7) is 1.51. The van der Waals surface area contributed by atoms with Gasteiger partial charge in [-0.1, -0.05) is 23.2 Å². The molecule has 2 aliphatic rings. The van der Waals surface area contributed by atoms with Gasteiger partial charge in [-0.2, -0.15) is 0 Å². The van der Waals surface area contributed by atoms with Crippen LogP contribution in [0, 0.1) is 0 Å². The normalized spacial score (nSPS) is 24.0. The fourth-order valence-electron chi connectivity index (χ4n) is 2.84. The molecule has 2 heterocycles. The summed E-state index contributed by atoms with van der Waals surface area (Å²) in [5.41, 5.74) is 0.339. The van der Waals surface area contributed by atoms with E-state index in [1.165, 1.54) is 30.0 Å². The van der Waals surface area contributed by atoms with E-state index in [1.54, 1.807) is 0 Å². The van der Waals surface area contributed by atoms with Crippen LogP contribution < -0.4 is 4.90 Å². The van der Waals surface area contributed by atoms with Crippen molar-refractivity contribution in [2.75, 3.05) is 11.4 Å². The molecule has 0 N–H and O–H groups in total. The largest absolute Gasteiger partial charge is 0.461 e. The number of esters is 1. The molecule has 0 spiro atoms. The molecule has 6 nitrogen and oxygen atoms in total. The summed E-state index contributed by atoms with van der Waals surface area (Å²) in [5, 5.41) is 0.681. The maximum absolute atomic E-state index is 12.5. The first-order valence-electron chi connectivity index (χ1n) is 6.64. The van der Waals surface area contributed by atoms with Gasteiger partial charge in [0.05, 0.1) is 12.2 Å². The Balaban J connectivity index is 1.85. The Bertz CT molecular complexity index is 635. The number of fused-ring (bicyclic) bond motifs is 1. The molecule has 2 saturated heterocycles. The summed E-state index contributed by atoms with van der Waals surface area (Å²) in [7, 11) is 0. The maximum atomic E-state index is 12.5. The lowest BCUT2D eigenvalue weighted by Gasteiger charge is -2.18. The molecule has 3 amide bonds. The number of benzene rings is 1. The van der Waals surface area contributed by atoms with Crippen molar-refractivity contribution in [3.05, 3.63) is 28.2 Å². The molecule has 0 bridgehead atoms. The SMILES string of the molecule is CC(=O)OC1CC2C(=O)N(c3cc(Cl)cc(Cl)c3)C(=O)N2C1. The van der Waals surface area contributed by atoms with E-state index >= 15 is 0 Å². The summed E-state index contributed by atoms with van der Waals surface area (Å²) in [4.78, 5) is 38.4. The minimum atomic E-state index is -0.616. The van der Waals surface area contributed by atoms with E-state index in [2.05, 4.69) is 0 Å². The molecule has 1 aromatic carbocycles. The topological polar surface area (TPSA) is 66.9 Å². The van der Waals surface area contributed by atoms with Crippen LogP contribution in [-0.4, -0.2) is 41.5 Å². The number of hydrogen-bond donors (Lipinski definition) is 0. The van der Waals surface area contributed by atoms with Gasteiger partial charge >= 0.3 is 12.0 Å². The van der Waals surface area contributed by atoms with E-state index in [0.29, 0.717) is 22.2 Å². The van der Waals surface area contributed by atoms with Crippen molar-refractivity contribution < 1.29 is 19.1 Å². The molecule has 2 atom stereocenters. The standard InChI is InChI=1S/C14H12Cl2N2O4/c1-7(19)22-11-5-12-13(20)18(14(21)17(12)6-11)10-3-8(15)2-9(16)4-10/h2-4,11-12H,5-6H2,1H3. The van der Waals surface area contributed by atoms with E-state index in [4.69, 9.17) is 27.9 Å². The lowest BCUT2D eigenvalue weighted by molar-refractivity contribution is -0.145. The minimum absolute atomic E-state index is 0.208. The third-order valence-electron chi connectivity index (χ3n) is 3.64. The Kier molecular flexibility index (Phi) is 3.74. The van der Waals surface area contributed by atoms with Gasteiger partial charge in [0.2, 0.25) is 0 Å². The van der Waals surface area contributed by atoms with Gasteiger partial charge in [0.15, 0.2) is 0 Å². The van der Waals surface area contributed by atoms with E-state index in [1.807, 2.05) is 0 Å². The average molecular weight is 343 g/mol. The average Bonchev–Trinajstić information content (AvgIpc) is 2.88. The van der Waals surface area contributed by atoms with E-state index < -0.39 is 24.1 Å². The molecular weight excluding hydrogens is 331 g/mol. The van der Waals surface area contributed by atoms with Crippen LogP contribution in [0.25, 0.3) is 0 Å². The number of carbonyl (C=O) groups is 3. The number of ether oxygens (including phenoxy) is 1. The Morgan fingerprint density at radius 3 is 2.41 bits per heavy atom. The fraction of sp³-hybridized carbons (Fsp3) is 0.357.